The van der Waals surface area contributed by atoms with E-state index < -0.39 is 0 Å². The Morgan fingerprint density at radius 2 is 2.00 bits per heavy atom. The Bertz CT molecular complexity index is 361. The smallest absolute Gasteiger partial charge is 0.133 e. The van der Waals surface area contributed by atoms with Crippen molar-refractivity contribution in [3.8, 4) is 0 Å². The predicted octanol–water partition coefficient (Wildman–Crippen LogP) is 3.80. The Hall–Kier alpha value is -1.37. The van der Waals surface area contributed by atoms with Gasteiger partial charge in [0.25, 0.3) is 0 Å². The third-order valence-corrected chi connectivity index (χ3v) is 2.32. The highest BCUT2D eigenvalue weighted by Gasteiger charge is 2.02. The molecule has 80 valence electrons. The lowest BCUT2D eigenvalue weighted by atomic mass is 9.97. The molecule has 0 radical (unpaired) electrons. The molecule has 0 unspecified atom stereocenters. The van der Waals surface area contributed by atoms with E-state index in [1.54, 1.807) is 6.92 Å². The van der Waals surface area contributed by atoms with Gasteiger partial charge in [0.1, 0.15) is 5.78 Å². The van der Waals surface area contributed by atoms with Crippen molar-refractivity contribution in [1.82, 2.24) is 0 Å². The number of carbonyl (C=O) groups excluding carboxylic acids is 1. The Kier molecular flexibility index (Phi) is 4.29. The number of ketones is 1. The van der Waals surface area contributed by atoms with Crippen LogP contribution in [-0.2, 0) is 4.79 Å². The van der Waals surface area contributed by atoms with Crippen LogP contribution in [0.3, 0.4) is 0 Å². The first-order chi connectivity index (χ1) is 7.11. The summed E-state index contributed by atoms with van der Waals surface area (Å²) in [4.78, 5) is 10.8. The fourth-order valence-corrected chi connectivity index (χ4v) is 1.54. The van der Waals surface area contributed by atoms with Crippen molar-refractivity contribution in [1.29, 1.82) is 0 Å². The fraction of sp³-hybridized carbons (Fsp3) is 0.357. The number of hydrogen-bond acceptors (Lipinski definition) is 1. The number of rotatable bonds is 4. The van der Waals surface area contributed by atoms with Crippen LogP contribution in [0.2, 0.25) is 0 Å². The van der Waals surface area contributed by atoms with E-state index in [9.17, 15) is 4.79 Å². The summed E-state index contributed by atoms with van der Waals surface area (Å²) in [7, 11) is 0. The van der Waals surface area contributed by atoms with Crippen LogP contribution in [0.25, 0.3) is 6.08 Å². The summed E-state index contributed by atoms with van der Waals surface area (Å²) in [5.41, 5.74) is 2.55. The lowest BCUT2D eigenvalue weighted by Crippen LogP contribution is -1.91. The van der Waals surface area contributed by atoms with E-state index in [1.165, 1.54) is 11.1 Å². The van der Waals surface area contributed by atoms with Gasteiger partial charge in [-0.05, 0) is 24.0 Å². The molecule has 0 atom stereocenters. The molecule has 0 saturated heterocycles. The van der Waals surface area contributed by atoms with Gasteiger partial charge < -0.3 is 0 Å². The molecule has 1 rings (SSSR count). The third kappa shape index (κ3) is 3.70. The van der Waals surface area contributed by atoms with E-state index in [0.29, 0.717) is 12.3 Å². The highest BCUT2D eigenvalue weighted by molar-refractivity contribution is 5.78. The zero-order chi connectivity index (χ0) is 11.3. The van der Waals surface area contributed by atoms with Gasteiger partial charge in [0.15, 0.2) is 0 Å². The number of benzene rings is 1. The summed E-state index contributed by atoms with van der Waals surface area (Å²) in [6.07, 6.45) is 4.49. The highest BCUT2D eigenvalue weighted by atomic mass is 16.1. The van der Waals surface area contributed by atoms with Crippen LogP contribution in [0.4, 0.5) is 0 Å². The van der Waals surface area contributed by atoms with Crippen LogP contribution < -0.4 is 0 Å². The third-order valence-electron chi connectivity index (χ3n) is 2.32. The molecule has 1 heteroatoms. The molecule has 0 aromatic heterocycles. The summed E-state index contributed by atoms with van der Waals surface area (Å²) in [5, 5.41) is 0. The van der Waals surface area contributed by atoms with Crippen molar-refractivity contribution in [3.63, 3.8) is 0 Å². The Balaban J connectivity index is 2.84. The lowest BCUT2D eigenvalue weighted by Gasteiger charge is -2.08. The normalized spacial score (nSPS) is 11.2. The lowest BCUT2D eigenvalue weighted by molar-refractivity contribution is -0.116. The number of carbonyl (C=O) groups is 1. The summed E-state index contributed by atoms with van der Waals surface area (Å²) < 4.78 is 0. The van der Waals surface area contributed by atoms with Gasteiger partial charge in [0, 0.05) is 6.42 Å². The van der Waals surface area contributed by atoms with E-state index in [2.05, 4.69) is 32.0 Å². The van der Waals surface area contributed by atoms with Gasteiger partial charge >= 0.3 is 0 Å². The molecule has 0 bridgehead atoms. The molecular weight excluding hydrogens is 184 g/mol. The van der Waals surface area contributed by atoms with E-state index in [-0.39, 0.29) is 5.78 Å². The molecule has 0 N–H and O–H groups in total. The van der Waals surface area contributed by atoms with E-state index in [1.807, 2.05) is 18.2 Å². The van der Waals surface area contributed by atoms with Gasteiger partial charge in [-0.1, -0.05) is 50.3 Å². The van der Waals surface area contributed by atoms with Gasteiger partial charge in [0.05, 0.1) is 0 Å². The summed E-state index contributed by atoms with van der Waals surface area (Å²) >= 11 is 0. The fourth-order valence-electron chi connectivity index (χ4n) is 1.54. The topological polar surface area (TPSA) is 17.1 Å². The van der Waals surface area contributed by atoms with E-state index in [4.69, 9.17) is 0 Å². The summed E-state index contributed by atoms with van der Waals surface area (Å²) in [6.45, 7) is 5.97. The Morgan fingerprint density at radius 3 is 2.60 bits per heavy atom. The molecule has 15 heavy (non-hydrogen) atoms. The summed E-state index contributed by atoms with van der Waals surface area (Å²) in [6, 6.07) is 8.31. The largest absolute Gasteiger partial charge is 0.300 e. The zero-order valence-electron chi connectivity index (χ0n) is 9.66. The van der Waals surface area contributed by atoms with Crippen molar-refractivity contribution in [2.24, 2.45) is 0 Å². The maximum absolute atomic E-state index is 10.8. The van der Waals surface area contributed by atoms with Crippen LogP contribution in [0.1, 0.15) is 44.2 Å². The molecule has 0 aliphatic rings. The number of hydrogen-bond donors (Lipinski definition) is 0. The standard InChI is InChI=1S/C14H18O/c1-11(2)14-10-5-4-8-13(14)9-6-7-12(3)15/h4-6,8-11H,7H2,1-3H3/b9-6-. The second-order valence-corrected chi connectivity index (χ2v) is 4.09. The van der Waals surface area contributed by atoms with Gasteiger partial charge in [-0.15, -0.1) is 0 Å². The predicted molar refractivity (Wildman–Crippen MR) is 64.9 cm³/mol. The van der Waals surface area contributed by atoms with Crippen molar-refractivity contribution >= 4 is 11.9 Å². The molecule has 0 aliphatic heterocycles. The molecule has 1 nitrogen and oxygen atoms in total. The molecular formula is C14H18O. The van der Waals surface area contributed by atoms with E-state index >= 15 is 0 Å². The van der Waals surface area contributed by atoms with Crippen LogP contribution >= 0.6 is 0 Å². The minimum absolute atomic E-state index is 0.202. The molecule has 1 aromatic carbocycles. The van der Waals surface area contributed by atoms with Crippen molar-refractivity contribution in [2.45, 2.75) is 33.1 Å². The summed E-state index contributed by atoms with van der Waals surface area (Å²) in [5.74, 6) is 0.719. The number of allylic oxidation sites excluding steroid dienone is 1. The monoisotopic (exact) mass is 202 g/mol. The van der Waals surface area contributed by atoms with Gasteiger partial charge in [-0.3, -0.25) is 4.79 Å². The molecule has 0 saturated carbocycles. The second kappa shape index (κ2) is 5.50. The average Bonchev–Trinajstić information content (AvgIpc) is 2.17. The van der Waals surface area contributed by atoms with Crippen LogP contribution in [-0.4, -0.2) is 5.78 Å². The first-order valence-corrected chi connectivity index (χ1v) is 5.36. The SMILES string of the molecule is CC(=O)C/C=C\c1ccccc1C(C)C. The van der Waals surface area contributed by atoms with Crippen molar-refractivity contribution in [2.75, 3.05) is 0 Å². The van der Waals surface area contributed by atoms with Crippen molar-refractivity contribution in [3.05, 3.63) is 41.5 Å². The molecule has 1 aromatic rings. The van der Waals surface area contributed by atoms with Crippen LogP contribution in [0, 0.1) is 0 Å². The first-order valence-electron chi connectivity index (χ1n) is 5.36. The molecule has 0 fully saturated rings. The first kappa shape index (κ1) is 11.7. The molecule has 0 heterocycles. The minimum Gasteiger partial charge on any atom is -0.300 e. The molecule has 0 amide bonds. The second-order valence-electron chi connectivity index (χ2n) is 4.09. The highest BCUT2D eigenvalue weighted by Crippen LogP contribution is 2.20. The zero-order valence-corrected chi connectivity index (χ0v) is 9.66. The van der Waals surface area contributed by atoms with Gasteiger partial charge in [0.2, 0.25) is 0 Å². The quantitative estimate of drug-likeness (QED) is 0.725. The van der Waals surface area contributed by atoms with Crippen molar-refractivity contribution < 1.29 is 4.79 Å². The maximum Gasteiger partial charge on any atom is 0.133 e. The molecule has 0 spiro atoms. The van der Waals surface area contributed by atoms with Gasteiger partial charge in [-0.25, -0.2) is 0 Å². The van der Waals surface area contributed by atoms with E-state index in [0.717, 1.165) is 0 Å². The van der Waals surface area contributed by atoms with Gasteiger partial charge in [-0.2, -0.15) is 0 Å². The van der Waals surface area contributed by atoms with Crippen LogP contribution in [0.15, 0.2) is 30.3 Å². The Morgan fingerprint density at radius 1 is 1.33 bits per heavy atom. The maximum atomic E-state index is 10.8. The van der Waals surface area contributed by atoms with Crippen LogP contribution in [0.5, 0.6) is 0 Å². The molecule has 0 aliphatic carbocycles. The average molecular weight is 202 g/mol. The number of Topliss-reactive ketones (excluding diaryl/α,β-unsaturated/α-hetero) is 1. The minimum atomic E-state index is 0.202. The Labute approximate surface area is 91.8 Å².